The highest BCUT2D eigenvalue weighted by Crippen LogP contribution is 2.12. The largest absolute Gasteiger partial charge is 0.461 e. The van der Waals surface area contributed by atoms with Gasteiger partial charge in [0, 0.05) is 6.54 Å². The Hall–Kier alpha value is -2.16. The third-order valence-corrected chi connectivity index (χ3v) is 2.07. The van der Waals surface area contributed by atoms with E-state index in [0.29, 0.717) is 12.5 Å². The van der Waals surface area contributed by atoms with E-state index in [9.17, 15) is 9.90 Å². The second kappa shape index (κ2) is 7.43. The van der Waals surface area contributed by atoms with Gasteiger partial charge in [-0.05, 0) is 20.8 Å². The number of ether oxygens (including phenoxy) is 1. The summed E-state index contributed by atoms with van der Waals surface area (Å²) in [4.78, 5) is 22.9. The van der Waals surface area contributed by atoms with Gasteiger partial charge in [-0.15, -0.1) is 0 Å². The molecule has 0 aromatic carbocycles. The summed E-state index contributed by atoms with van der Waals surface area (Å²) < 4.78 is 5.40. The van der Waals surface area contributed by atoms with Crippen molar-refractivity contribution in [1.29, 1.82) is 0 Å². The van der Waals surface area contributed by atoms with Crippen molar-refractivity contribution in [3.05, 3.63) is 0 Å². The van der Waals surface area contributed by atoms with Crippen LogP contribution in [0.5, 0.6) is 6.01 Å². The molecule has 0 aliphatic heterocycles. The summed E-state index contributed by atoms with van der Waals surface area (Å²) in [5, 5.41) is 15.0. The molecule has 20 heavy (non-hydrogen) atoms. The van der Waals surface area contributed by atoms with E-state index >= 15 is 0 Å². The summed E-state index contributed by atoms with van der Waals surface area (Å²) in [5.74, 6) is -0.293. The topological polar surface area (TPSA) is 135 Å². The van der Waals surface area contributed by atoms with Crippen LogP contribution in [0.25, 0.3) is 0 Å². The van der Waals surface area contributed by atoms with E-state index < -0.39 is 12.0 Å². The summed E-state index contributed by atoms with van der Waals surface area (Å²) in [5.41, 5.74) is 4.95. The van der Waals surface area contributed by atoms with Gasteiger partial charge in [0.2, 0.25) is 17.8 Å². The van der Waals surface area contributed by atoms with Gasteiger partial charge >= 0.3 is 6.01 Å². The van der Waals surface area contributed by atoms with Crippen molar-refractivity contribution < 1.29 is 14.6 Å². The zero-order valence-electron chi connectivity index (χ0n) is 11.8. The van der Waals surface area contributed by atoms with Crippen LogP contribution in [0.2, 0.25) is 0 Å². The number of amides is 1. The molecular weight excluding hydrogens is 264 g/mol. The van der Waals surface area contributed by atoms with Crippen molar-refractivity contribution in [3.63, 3.8) is 0 Å². The van der Waals surface area contributed by atoms with Crippen molar-refractivity contribution in [1.82, 2.24) is 15.0 Å². The minimum atomic E-state index is -1.32. The van der Waals surface area contributed by atoms with Crippen LogP contribution in [0, 0.1) is 0 Å². The molecule has 0 bridgehead atoms. The van der Waals surface area contributed by atoms with Crippen LogP contribution in [-0.4, -0.2) is 51.3 Å². The van der Waals surface area contributed by atoms with Gasteiger partial charge in [0.05, 0.1) is 12.6 Å². The third-order valence-electron chi connectivity index (χ3n) is 2.07. The normalized spacial score (nSPS) is 12.1. The highest BCUT2D eigenvalue weighted by atomic mass is 16.5. The quantitative estimate of drug-likeness (QED) is 0.494. The predicted molar refractivity (Wildman–Crippen MR) is 73.4 cm³/mol. The molecule has 9 nitrogen and oxygen atoms in total. The number of aliphatic hydroxyl groups is 1. The van der Waals surface area contributed by atoms with E-state index in [1.54, 1.807) is 0 Å². The number of nitrogens with zero attached hydrogens (tertiary/aromatic N) is 3. The summed E-state index contributed by atoms with van der Waals surface area (Å²) in [7, 11) is 0. The molecular formula is C11H20N6O3. The number of primary amides is 1. The average Bonchev–Trinajstić information content (AvgIpc) is 2.35. The van der Waals surface area contributed by atoms with Gasteiger partial charge in [-0.25, -0.2) is 0 Å². The Kier molecular flexibility index (Phi) is 5.91. The fraction of sp³-hybridized carbons (Fsp3) is 0.636. The maximum Gasteiger partial charge on any atom is 0.323 e. The molecule has 1 heterocycles. The first kappa shape index (κ1) is 15.9. The monoisotopic (exact) mass is 284 g/mol. The number of hydrogen-bond acceptors (Lipinski definition) is 8. The molecule has 5 N–H and O–H groups in total. The standard InChI is InChI=1S/C11H20N6O3/c1-4-13-9-15-10(14-5-7(18)8(12)19)17-11(16-9)20-6(2)3/h6-7,18H,4-5H2,1-3H3,(H2,12,19)(H2,13,14,15,16,17). The molecule has 112 valence electrons. The van der Waals surface area contributed by atoms with Gasteiger partial charge in [0.25, 0.3) is 0 Å². The van der Waals surface area contributed by atoms with Crippen LogP contribution in [0.1, 0.15) is 20.8 Å². The Morgan fingerprint density at radius 3 is 2.40 bits per heavy atom. The second-order valence-electron chi connectivity index (χ2n) is 4.26. The van der Waals surface area contributed by atoms with Gasteiger partial charge in [-0.1, -0.05) is 0 Å². The zero-order chi connectivity index (χ0) is 15.1. The number of rotatable bonds is 8. The summed E-state index contributed by atoms with van der Waals surface area (Å²) in [6.07, 6.45) is -1.40. The number of aliphatic hydroxyl groups excluding tert-OH is 1. The fourth-order valence-electron chi connectivity index (χ4n) is 1.22. The molecule has 1 aromatic rings. The number of hydrogen-bond donors (Lipinski definition) is 4. The van der Waals surface area contributed by atoms with Crippen molar-refractivity contribution in [3.8, 4) is 6.01 Å². The third kappa shape index (κ3) is 5.22. The minimum absolute atomic E-state index is 0.0871. The Morgan fingerprint density at radius 1 is 1.30 bits per heavy atom. The fourth-order valence-corrected chi connectivity index (χ4v) is 1.22. The molecule has 0 fully saturated rings. The van der Waals surface area contributed by atoms with Crippen LogP contribution >= 0.6 is 0 Å². The molecule has 9 heteroatoms. The maximum absolute atomic E-state index is 10.7. The van der Waals surface area contributed by atoms with E-state index in [1.807, 2.05) is 20.8 Å². The summed E-state index contributed by atoms with van der Waals surface area (Å²) in [6, 6.07) is 0.155. The van der Waals surface area contributed by atoms with E-state index in [-0.39, 0.29) is 24.6 Å². The Labute approximate surface area is 117 Å². The lowest BCUT2D eigenvalue weighted by atomic mass is 10.3. The van der Waals surface area contributed by atoms with Crippen molar-refractivity contribution in [2.24, 2.45) is 5.73 Å². The zero-order valence-corrected chi connectivity index (χ0v) is 11.8. The van der Waals surface area contributed by atoms with E-state index in [0.717, 1.165) is 0 Å². The Morgan fingerprint density at radius 2 is 1.90 bits per heavy atom. The summed E-state index contributed by atoms with van der Waals surface area (Å²) >= 11 is 0. The van der Waals surface area contributed by atoms with Crippen LogP contribution in [0.15, 0.2) is 0 Å². The van der Waals surface area contributed by atoms with Gasteiger partial charge in [-0.2, -0.15) is 15.0 Å². The molecule has 1 unspecified atom stereocenters. The molecule has 0 radical (unpaired) electrons. The highest BCUT2D eigenvalue weighted by Gasteiger charge is 2.13. The van der Waals surface area contributed by atoms with Crippen LogP contribution in [0.3, 0.4) is 0 Å². The molecule has 1 amide bonds. The van der Waals surface area contributed by atoms with Crippen molar-refractivity contribution in [2.45, 2.75) is 33.0 Å². The number of nitrogens with two attached hydrogens (primary N) is 1. The average molecular weight is 284 g/mol. The van der Waals surface area contributed by atoms with Gasteiger partial charge in [0.1, 0.15) is 6.10 Å². The Bertz CT molecular complexity index is 454. The lowest BCUT2D eigenvalue weighted by Gasteiger charge is -2.12. The number of nitrogens with one attached hydrogen (secondary N) is 2. The maximum atomic E-state index is 10.7. The van der Waals surface area contributed by atoms with Crippen molar-refractivity contribution >= 4 is 17.8 Å². The minimum Gasteiger partial charge on any atom is -0.461 e. The molecule has 0 saturated heterocycles. The lowest BCUT2D eigenvalue weighted by Crippen LogP contribution is -2.34. The second-order valence-corrected chi connectivity index (χ2v) is 4.26. The molecule has 0 aliphatic rings. The lowest BCUT2D eigenvalue weighted by molar-refractivity contribution is -0.125. The molecule has 0 spiro atoms. The predicted octanol–water partition coefficient (Wildman–Crippen LogP) is -0.651. The van der Waals surface area contributed by atoms with Crippen LogP contribution in [0.4, 0.5) is 11.9 Å². The van der Waals surface area contributed by atoms with Crippen molar-refractivity contribution in [2.75, 3.05) is 23.7 Å². The first-order valence-corrected chi connectivity index (χ1v) is 6.30. The smallest absolute Gasteiger partial charge is 0.323 e. The first-order valence-electron chi connectivity index (χ1n) is 6.30. The number of carbonyl (C=O) groups excluding carboxylic acids is 1. The van der Waals surface area contributed by atoms with E-state index in [2.05, 4.69) is 25.6 Å². The van der Waals surface area contributed by atoms with Crippen LogP contribution in [-0.2, 0) is 4.79 Å². The number of aromatic nitrogens is 3. The SMILES string of the molecule is CCNc1nc(NCC(O)C(N)=O)nc(OC(C)C)n1. The molecule has 1 atom stereocenters. The summed E-state index contributed by atoms with van der Waals surface area (Å²) in [6.45, 7) is 6.14. The number of anilines is 2. The van der Waals surface area contributed by atoms with E-state index in [1.165, 1.54) is 0 Å². The molecule has 0 saturated carbocycles. The molecule has 1 aromatic heterocycles. The highest BCUT2D eigenvalue weighted by molar-refractivity contribution is 5.79. The first-order chi connectivity index (χ1) is 9.42. The van der Waals surface area contributed by atoms with Gasteiger partial charge in [0.15, 0.2) is 0 Å². The Balaban J connectivity index is 2.82. The van der Waals surface area contributed by atoms with Crippen LogP contribution < -0.4 is 21.1 Å². The number of carbonyl (C=O) groups is 1. The van der Waals surface area contributed by atoms with E-state index in [4.69, 9.17) is 10.5 Å². The van der Waals surface area contributed by atoms with Gasteiger partial charge in [-0.3, -0.25) is 4.79 Å². The molecule has 0 aliphatic carbocycles. The molecule has 1 rings (SSSR count). The van der Waals surface area contributed by atoms with Gasteiger partial charge < -0.3 is 26.2 Å².